The van der Waals surface area contributed by atoms with Crippen LogP contribution in [-0.2, 0) is 28.6 Å². The van der Waals surface area contributed by atoms with Crippen LogP contribution >= 0.6 is 0 Å². The second-order valence-electron chi connectivity index (χ2n) is 19.2. The Bertz CT molecular complexity index is 1330. The van der Waals surface area contributed by atoms with Gasteiger partial charge in [0.25, 0.3) is 0 Å². The summed E-state index contributed by atoms with van der Waals surface area (Å²) >= 11 is 0. The number of carbonyl (C=O) groups excluding carboxylic acids is 3. The minimum atomic E-state index is -0.786. The minimum Gasteiger partial charge on any atom is -0.462 e. The molecule has 0 aromatic carbocycles. The van der Waals surface area contributed by atoms with Gasteiger partial charge in [-0.3, -0.25) is 14.4 Å². The van der Waals surface area contributed by atoms with E-state index in [2.05, 4.69) is 106 Å². The van der Waals surface area contributed by atoms with Gasteiger partial charge in [-0.1, -0.05) is 247 Å². The molecule has 0 aliphatic rings. The Morgan fingerprint density at radius 3 is 0.913 bits per heavy atom. The summed E-state index contributed by atoms with van der Waals surface area (Å²) in [5, 5.41) is 0. The number of ether oxygens (including phenoxy) is 3. The van der Waals surface area contributed by atoms with Gasteiger partial charge in [0.1, 0.15) is 13.2 Å². The van der Waals surface area contributed by atoms with Crippen LogP contribution in [0.5, 0.6) is 0 Å². The Hall–Kier alpha value is -3.41. The highest BCUT2D eigenvalue weighted by molar-refractivity contribution is 5.71. The van der Waals surface area contributed by atoms with Gasteiger partial charge >= 0.3 is 17.9 Å². The molecule has 0 spiro atoms. The highest BCUT2D eigenvalue weighted by Crippen LogP contribution is 2.15. The second kappa shape index (κ2) is 57.2. The first-order valence-electron chi connectivity index (χ1n) is 29.1. The number of carbonyl (C=O) groups is 3. The van der Waals surface area contributed by atoms with Crippen molar-refractivity contribution in [3.05, 3.63) is 85.1 Å². The fourth-order valence-corrected chi connectivity index (χ4v) is 8.03. The van der Waals surface area contributed by atoms with E-state index in [1.54, 1.807) is 0 Å². The molecule has 6 heteroatoms. The third-order valence-corrected chi connectivity index (χ3v) is 12.4. The van der Waals surface area contributed by atoms with Crippen molar-refractivity contribution in [1.29, 1.82) is 0 Å². The molecule has 1 unspecified atom stereocenters. The van der Waals surface area contributed by atoms with Crippen molar-refractivity contribution < 1.29 is 28.6 Å². The molecular formula is C63H108O6. The van der Waals surface area contributed by atoms with Gasteiger partial charge in [-0.25, -0.2) is 0 Å². The molecule has 0 rings (SSSR count). The average molecular weight is 962 g/mol. The number of unbranched alkanes of at least 4 members (excludes halogenated alkanes) is 27. The van der Waals surface area contributed by atoms with E-state index in [0.29, 0.717) is 19.3 Å². The Kier molecular flexibility index (Phi) is 54.3. The third-order valence-electron chi connectivity index (χ3n) is 12.4. The van der Waals surface area contributed by atoms with Crippen LogP contribution in [0.2, 0.25) is 0 Å². The monoisotopic (exact) mass is 961 g/mol. The maximum absolute atomic E-state index is 12.9. The fraction of sp³-hybridized carbons (Fsp3) is 0.730. The van der Waals surface area contributed by atoms with Gasteiger partial charge in [-0.2, -0.15) is 0 Å². The number of esters is 3. The number of rotatable bonds is 52. The molecule has 396 valence electrons. The number of hydrogen-bond acceptors (Lipinski definition) is 6. The Morgan fingerprint density at radius 1 is 0.304 bits per heavy atom. The lowest BCUT2D eigenvalue weighted by molar-refractivity contribution is -0.167. The SMILES string of the molecule is CC/C=C\C/C=C\C/C=C\C/C=C\CCCCCCCCCCC(=O)OCC(COC(=O)CCCCCCCCCCCCC)OC(=O)CCCCCCCC/C=C\C/C=C\C/C=C\CCCCC. The molecular weight excluding hydrogens is 853 g/mol. The lowest BCUT2D eigenvalue weighted by Gasteiger charge is -2.18. The van der Waals surface area contributed by atoms with E-state index in [1.165, 1.54) is 122 Å². The van der Waals surface area contributed by atoms with Gasteiger partial charge in [0, 0.05) is 19.3 Å². The lowest BCUT2D eigenvalue weighted by Crippen LogP contribution is -2.30. The molecule has 0 radical (unpaired) electrons. The molecule has 1 atom stereocenters. The van der Waals surface area contributed by atoms with E-state index in [0.717, 1.165) is 116 Å². The molecule has 0 heterocycles. The zero-order valence-electron chi connectivity index (χ0n) is 45.3. The molecule has 0 aromatic rings. The second-order valence-corrected chi connectivity index (χ2v) is 19.2. The average Bonchev–Trinajstić information content (AvgIpc) is 3.35. The zero-order valence-corrected chi connectivity index (χ0v) is 45.3. The van der Waals surface area contributed by atoms with E-state index in [4.69, 9.17) is 14.2 Å². The predicted molar refractivity (Wildman–Crippen MR) is 297 cm³/mol. The molecule has 0 N–H and O–H groups in total. The van der Waals surface area contributed by atoms with Crippen molar-refractivity contribution >= 4 is 17.9 Å². The standard InChI is InChI=1S/C63H108O6/c1-4-7-10-13-16-19-22-24-26-28-30-31-33-34-36-38-41-44-47-50-53-56-62(65)68-59-60(58-67-61(64)55-52-49-46-43-40-21-18-15-12-9-6-3)69-63(66)57-54-51-48-45-42-39-37-35-32-29-27-25-23-20-17-14-11-8-5-2/h7,10,16-17,19-20,24-27,30-32,35,60H,4-6,8-9,11-15,18,21-23,28-29,33-34,36-59H2,1-3H3/b10-7-,19-16-,20-17-,26-24-,27-25-,31-30-,35-32-. The minimum absolute atomic E-state index is 0.0827. The Labute approximate surface area is 426 Å². The summed E-state index contributed by atoms with van der Waals surface area (Å²) in [6, 6.07) is 0. The molecule has 0 saturated carbocycles. The molecule has 0 fully saturated rings. The van der Waals surface area contributed by atoms with Crippen LogP contribution in [0.1, 0.15) is 278 Å². The molecule has 0 aromatic heterocycles. The number of allylic oxidation sites excluding steroid dienone is 14. The van der Waals surface area contributed by atoms with Crippen molar-refractivity contribution in [2.24, 2.45) is 0 Å². The highest BCUT2D eigenvalue weighted by Gasteiger charge is 2.19. The van der Waals surface area contributed by atoms with Crippen LogP contribution in [0, 0.1) is 0 Å². The van der Waals surface area contributed by atoms with Gasteiger partial charge in [0.05, 0.1) is 0 Å². The van der Waals surface area contributed by atoms with Crippen molar-refractivity contribution in [2.45, 2.75) is 284 Å². The molecule has 69 heavy (non-hydrogen) atoms. The predicted octanol–water partition coefficient (Wildman–Crippen LogP) is 19.5. The van der Waals surface area contributed by atoms with Crippen molar-refractivity contribution in [3.63, 3.8) is 0 Å². The summed E-state index contributed by atoms with van der Waals surface area (Å²) < 4.78 is 16.9. The first-order valence-corrected chi connectivity index (χ1v) is 29.1. The summed E-state index contributed by atoms with van der Waals surface area (Å²) in [6.45, 7) is 6.49. The van der Waals surface area contributed by atoms with E-state index in [1.807, 2.05) is 0 Å². The summed E-state index contributed by atoms with van der Waals surface area (Å²) in [5.41, 5.74) is 0. The summed E-state index contributed by atoms with van der Waals surface area (Å²) in [4.78, 5) is 38.1. The van der Waals surface area contributed by atoms with Crippen LogP contribution in [0.15, 0.2) is 85.1 Å². The fourth-order valence-electron chi connectivity index (χ4n) is 8.03. The maximum atomic E-state index is 12.9. The molecule has 0 aliphatic carbocycles. The van der Waals surface area contributed by atoms with Gasteiger partial charge in [-0.15, -0.1) is 0 Å². The summed E-state index contributed by atoms with van der Waals surface area (Å²) in [7, 11) is 0. The largest absolute Gasteiger partial charge is 0.462 e. The van der Waals surface area contributed by atoms with Gasteiger partial charge in [-0.05, 0) is 96.3 Å². The van der Waals surface area contributed by atoms with Crippen LogP contribution in [0.4, 0.5) is 0 Å². The van der Waals surface area contributed by atoms with Crippen molar-refractivity contribution in [2.75, 3.05) is 13.2 Å². The van der Waals surface area contributed by atoms with E-state index < -0.39 is 6.10 Å². The maximum Gasteiger partial charge on any atom is 0.306 e. The molecule has 0 aliphatic heterocycles. The highest BCUT2D eigenvalue weighted by atomic mass is 16.6. The van der Waals surface area contributed by atoms with Crippen LogP contribution in [0.3, 0.4) is 0 Å². The van der Waals surface area contributed by atoms with Gasteiger partial charge < -0.3 is 14.2 Å². The first-order chi connectivity index (χ1) is 34.0. The van der Waals surface area contributed by atoms with Crippen molar-refractivity contribution in [3.8, 4) is 0 Å². The van der Waals surface area contributed by atoms with E-state index >= 15 is 0 Å². The lowest BCUT2D eigenvalue weighted by atomic mass is 10.1. The molecule has 0 saturated heterocycles. The topological polar surface area (TPSA) is 78.9 Å². The van der Waals surface area contributed by atoms with Gasteiger partial charge in [0.15, 0.2) is 6.10 Å². The van der Waals surface area contributed by atoms with Crippen LogP contribution in [-0.4, -0.2) is 37.2 Å². The van der Waals surface area contributed by atoms with E-state index in [-0.39, 0.29) is 31.1 Å². The molecule has 0 bridgehead atoms. The van der Waals surface area contributed by atoms with Crippen LogP contribution < -0.4 is 0 Å². The van der Waals surface area contributed by atoms with Gasteiger partial charge in [0.2, 0.25) is 0 Å². The van der Waals surface area contributed by atoms with Crippen LogP contribution in [0.25, 0.3) is 0 Å². The molecule has 0 amide bonds. The smallest absolute Gasteiger partial charge is 0.306 e. The molecule has 6 nitrogen and oxygen atoms in total. The zero-order chi connectivity index (χ0) is 50.0. The Morgan fingerprint density at radius 2 is 0.565 bits per heavy atom. The Balaban J connectivity index is 4.36. The van der Waals surface area contributed by atoms with Crippen molar-refractivity contribution in [1.82, 2.24) is 0 Å². The summed E-state index contributed by atoms with van der Waals surface area (Å²) in [5.74, 6) is -0.898. The van der Waals surface area contributed by atoms with E-state index in [9.17, 15) is 14.4 Å². The normalized spacial score (nSPS) is 12.7. The number of hydrogen-bond donors (Lipinski definition) is 0. The quantitative estimate of drug-likeness (QED) is 0.0262. The summed E-state index contributed by atoms with van der Waals surface area (Å²) in [6.07, 6.45) is 74.2. The third kappa shape index (κ3) is 55.4. The first kappa shape index (κ1) is 65.6.